The van der Waals surface area contributed by atoms with Crippen molar-refractivity contribution in [3.05, 3.63) is 62.6 Å². The van der Waals surface area contributed by atoms with Gasteiger partial charge in [0.25, 0.3) is 5.91 Å². The van der Waals surface area contributed by atoms with Crippen LogP contribution in [0.1, 0.15) is 10.4 Å². The number of carbonyl (C=O) groups excluding carboxylic acids is 1. The number of nitrogens with zero attached hydrogens (tertiary/aromatic N) is 2. The Morgan fingerprint density at radius 1 is 1.32 bits per heavy atom. The number of ether oxygens (including phenoxy) is 1. The van der Waals surface area contributed by atoms with Gasteiger partial charge in [-0.15, -0.1) is 0 Å². The number of fused-ring (bicyclic) bond motifs is 1. The molecule has 0 aliphatic rings. The lowest BCUT2D eigenvalue weighted by atomic mass is 10.2. The lowest BCUT2D eigenvalue weighted by Crippen LogP contribution is -2.19. The van der Waals surface area contributed by atoms with E-state index in [1.807, 2.05) is 6.07 Å². The topological polar surface area (TPSA) is 43.6 Å². The molecule has 0 spiro atoms. The lowest BCUT2D eigenvalue weighted by Gasteiger charge is -2.06. The Labute approximate surface area is 157 Å². The number of rotatable bonds is 4. The van der Waals surface area contributed by atoms with Gasteiger partial charge in [0.2, 0.25) is 0 Å². The minimum Gasteiger partial charge on any atom is -0.383 e. The van der Waals surface area contributed by atoms with Crippen LogP contribution in [-0.2, 0) is 11.3 Å². The predicted molar refractivity (Wildman–Crippen MR) is 98.0 cm³/mol. The second-order valence-electron chi connectivity index (χ2n) is 5.16. The van der Waals surface area contributed by atoms with Gasteiger partial charge < -0.3 is 9.30 Å². The first-order chi connectivity index (χ1) is 12.0. The zero-order valence-electron chi connectivity index (χ0n) is 13.1. The van der Waals surface area contributed by atoms with Crippen molar-refractivity contribution in [1.29, 1.82) is 0 Å². The monoisotopic (exact) mass is 398 g/mol. The Hall–Kier alpha value is -1.73. The SMILES string of the molecule is COCCn1c(=NC(=O)c2cccc(F)c2)sc2ccc(Cl)c(Cl)c21. The van der Waals surface area contributed by atoms with Crippen LogP contribution in [0.25, 0.3) is 10.2 Å². The Kier molecular flexibility index (Phi) is 5.54. The van der Waals surface area contributed by atoms with E-state index >= 15 is 0 Å². The number of aromatic nitrogens is 1. The third-order valence-corrected chi connectivity index (χ3v) is 5.36. The average molecular weight is 399 g/mol. The molecule has 3 rings (SSSR count). The van der Waals surface area contributed by atoms with Crippen LogP contribution in [-0.4, -0.2) is 24.2 Å². The van der Waals surface area contributed by atoms with Gasteiger partial charge in [0.1, 0.15) is 5.82 Å². The van der Waals surface area contributed by atoms with Crippen molar-refractivity contribution in [2.45, 2.75) is 6.54 Å². The summed E-state index contributed by atoms with van der Waals surface area (Å²) in [6.07, 6.45) is 0. The molecule has 0 fully saturated rings. The molecule has 0 bridgehead atoms. The molecule has 1 heterocycles. The number of amides is 1. The van der Waals surface area contributed by atoms with E-state index in [4.69, 9.17) is 27.9 Å². The fraction of sp³-hybridized carbons (Fsp3) is 0.176. The van der Waals surface area contributed by atoms with E-state index < -0.39 is 11.7 Å². The molecule has 0 N–H and O–H groups in total. The van der Waals surface area contributed by atoms with E-state index in [0.717, 1.165) is 10.8 Å². The average Bonchev–Trinajstić information content (AvgIpc) is 2.94. The van der Waals surface area contributed by atoms with E-state index in [0.29, 0.717) is 33.5 Å². The maximum absolute atomic E-state index is 13.3. The van der Waals surface area contributed by atoms with Crippen molar-refractivity contribution in [2.24, 2.45) is 4.99 Å². The number of methoxy groups -OCH3 is 1. The second kappa shape index (κ2) is 7.66. The first kappa shape index (κ1) is 18.1. The summed E-state index contributed by atoms with van der Waals surface area (Å²) in [5.74, 6) is -1.01. The molecule has 0 radical (unpaired) electrons. The van der Waals surface area contributed by atoms with Gasteiger partial charge in [-0.3, -0.25) is 4.79 Å². The first-order valence-electron chi connectivity index (χ1n) is 7.32. The Balaban J connectivity index is 2.17. The summed E-state index contributed by atoms with van der Waals surface area (Å²) >= 11 is 13.8. The lowest BCUT2D eigenvalue weighted by molar-refractivity contribution is 0.0997. The molecule has 130 valence electrons. The minimum absolute atomic E-state index is 0.180. The first-order valence-corrected chi connectivity index (χ1v) is 8.89. The molecule has 8 heteroatoms. The molecule has 1 amide bonds. The Morgan fingerprint density at radius 3 is 2.84 bits per heavy atom. The molecule has 0 saturated carbocycles. The summed E-state index contributed by atoms with van der Waals surface area (Å²) in [5.41, 5.74) is 0.877. The molecule has 2 aromatic carbocycles. The number of halogens is 3. The summed E-state index contributed by atoms with van der Waals surface area (Å²) in [7, 11) is 1.58. The highest BCUT2D eigenvalue weighted by Crippen LogP contribution is 2.32. The fourth-order valence-corrected chi connectivity index (χ4v) is 3.89. The van der Waals surface area contributed by atoms with Crippen LogP contribution < -0.4 is 4.80 Å². The van der Waals surface area contributed by atoms with Gasteiger partial charge in [-0.2, -0.15) is 4.99 Å². The quantitative estimate of drug-likeness (QED) is 0.647. The molecular weight excluding hydrogens is 386 g/mol. The molecule has 0 atom stereocenters. The van der Waals surface area contributed by atoms with Gasteiger partial charge in [-0.25, -0.2) is 4.39 Å². The van der Waals surface area contributed by atoms with Crippen molar-refractivity contribution in [1.82, 2.24) is 4.57 Å². The van der Waals surface area contributed by atoms with E-state index in [1.165, 1.54) is 29.5 Å². The maximum Gasteiger partial charge on any atom is 0.279 e. The van der Waals surface area contributed by atoms with Gasteiger partial charge in [0, 0.05) is 19.2 Å². The van der Waals surface area contributed by atoms with Gasteiger partial charge in [-0.05, 0) is 30.3 Å². The molecule has 25 heavy (non-hydrogen) atoms. The molecule has 3 aromatic rings. The van der Waals surface area contributed by atoms with E-state index in [1.54, 1.807) is 17.7 Å². The molecule has 0 unspecified atom stereocenters. The summed E-state index contributed by atoms with van der Waals surface area (Å²) < 4.78 is 21.1. The third kappa shape index (κ3) is 3.77. The summed E-state index contributed by atoms with van der Waals surface area (Å²) in [5, 5.41) is 0.812. The second-order valence-corrected chi connectivity index (χ2v) is 6.96. The van der Waals surface area contributed by atoms with Crippen LogP contribution >= 0.6 is 34.5 Å². The number of hydrogen-bond donors (Lipinski definition) is 0. The van der Waals surface area contributed by atoms with E-state index in [-0.39, 0.29) is 5.56 Å². The summed E-state index contributed by atoms with van der Waals surface area (Å²) in [6, 6.07) is 8.94. The van der Waals surface area contributed by atoms with E-state index in [9.17, 15) is 9.18 Å². The summed E-state index contributed by atoms with van der Waals surface area (Å²) in [4.78, 5) is 17.0. The highest BCUT2D eigenvalue weighted by atomic mass is 35.5. The van der Waals surface area contributed by atoms with Gasteiger partial charge >= 0.3 is 0 Å². The van der Waals surface area contributed by atoms with Crippen molar-refractivity contribution < 1.29 is 13.9 Å². The zero-order valence-corrected chi connectivity index (χ0v) is 15.5. The molecule has 4 nitrogen and oxygen atoms in total. The number of hydrogen-bond acceptors (Lipinski definition) is 3. The third-order valence-electron chi connectivity index (χ3n) is 3.52. The highest BCUT2D eigenvalue weighted by Gasteiger charge is 2.14. The van der Waals surface area contributed by atoms with Crippen LogP contribution in [0.4, 0.5) is 4.39 Å². The molecule has 0 aliphatic heterocycles. The minimum atomic E-state index is -0.528. The predicted octanol–water partition coefficient (Wildman–Crippen LogP) is 4.54. The number of thiazole rings is 1. The normalized spacial score (nSPS) is 12.1. The van der Waals surface area contributed by atoms with Gasteiger partial charge in [-0.1, -0.05) is 40.6 Å². The van der Waals surface area contributed by atoms with Gasteiger partial charge in [0.05, 0.1) is 26.9 Å². The van der Waals surface area contributed by atoms with Gasteiger partial charge in [0.15, 0.2) is 4.80 Å². The Morgan fingerprint density at radius 2 is 2.12 bits per heavy atom. The van der Waals surface area contributed by atoms with Crippen molar-refractivity contribution in [3.8, 4) is 0 Å². The largest absolute Gasteiger partial charge is 0.383 e. The van der Waals surface area contributed by atoms with Crippen LogP contribution in [0.15, 0.2) is 41.4 Å². The smallest absolute Gasteiger partial charge is 0.279 e. The van der Waals surface area contributed by atoms with Crippen LogP contribution in [0.2, 0.25) is 10.0 Å². The molecule has 0 saturated heterocycles. The summed E-state index contributed by atoms with van der Waals surface area (Å²) in [6.45, 7) is 0.863. The highest BCUT2D eigenvalue weighted by molar-refractivity contribution is 7.16. The van der Waals surface area contributed by atoms with Crippen LogP contribution in [0, 0.1) is 5.82 Å². The standard InChI is InChI=1S/C17H13Cl2FN2O2S/c1-24-8-7-22-15-13(6-5-12(18)14(15)19)25-17(22)21-16(23)10-3-2-4-11(20)9-10/h2-6,9H,7-8H2,1H3. The van der Waals surface area contributed by atoms with Crippen LogP contribution in [0.3, 0.4) is 0 Å². The van der Waals surface area contributed by atoms with Crippen molar-refractivity contribution in [2.75, 3.05) is 13.7 Å². The molecule has 0 aliphatic carbocycles. The van der Waals surface area contributed by atoms with Crippen molar-refractivity contribution in [3.63, 3.8) is 0 Å². The van der Waals surface area contributed by atoms with Crippen molar-refractivity contribution >= 4 is 50.7 Å². The number of benzene rings is 2. The molecular formula is C17H13Cl2FN2O2S. The molecule has 1 aromatic heterocycles. The fourth-order valence-electron chi connectivity index (χ4n) is 2.35. The van der Waals surface area contributed by atoms with E-state index in [2.05, 4.69) is 4.99 Å². The van der Waals surface area contributed by atoms with Crippen LogP contribution in [0.5, 0.6) is 0 Å². The zero-order chi connectivity index (χ0) is 18.0. The Bertz CT molecular complexity index is 1010. The maximum atomic E-state index is 13.3. The number of carbonyl (C=O) groups is 1.